The number of halogens is 1. The quantitative estimate of drug-likeness (QED) is 0.190. The zero-order chi connectivity index (χ0) is 23.7. The molecule has 1 aromatic heterocycles. The second kappa shape index (κ2) is 9.40. The third kappa shape index (κ3) is 4.59. The predicted molar refractivity (Wildman–Crippen MR) is 146 cm³/mol. The van der Waals surface area contributed by atoms with Crippen molar-refractivity contribution in [3.05, 3.63) is 88.0 Å². The number of ether oxygens (including phenoxy) is 1. The molecular weight excluding hydrogens is 561 g/mol. The van der Waals surface area contributed by atoms with Gasteiger partial charge in [0, 0.05) is 14.8 Å². The van der Waals surface area contributed by atoms with E-state index in [2.05, 4.69) is 38.2 Å². The number of thiocarbonyl (C=S) groups is 1. The molecule has 0 saturated heterocycles. The van der Waals surface area contributed by atoms with Crippen molar-refractivity contribution in [2.75, 3.05) is 12.4 Å². The van der Waals surface area contributed by atoms with Gasteiger partial charge in [0.25, 0.3) is 5.91 Å². The Bertz CT molecular complexity index is 1560. The van der Waals surface area contributed by atoms with Gasteiger partial charge in [0.05, 0.1) is 12.7 Å². The van der Waals surface area contributed by atoms with E-state index in [0.29, 0.717) is 34.0 Å². The van der Waals surface area contributed by atoms with Crippen LogP contribution in [0.4, 0.5) is 5.69 Å². The lowest BCUT2D eigenvalue weighted by Gasteiger charge is -2.12. The topological polar surface area (TPSA) is 76.4 Å². The fraction of sp³-hybridized carbons (Fsp3) is 0.0385. The highest BCUT2D eigenvalue weighted by atomic mass is 127. The lowest BCUT2D eigenvalue weighted by atomic mass is 10.1. The zero-order valence-electron chi connectivity index (χ0n) is 18.0. The van der Waals surface area contributed by atoms with Crippen LogP contribution in [-0.4, -0.2) is 23.1 Å². The summed E-state index contributed by atoms with van der Waals surface area (Å²) in [5.41, 5.74) is 3.34. The van der Waals surface area contributed by atoms with Crippen molar-refractivity contribution >= 4 is 73.4 Å². The molecule has 2 N–H and O–H groups in total. The van der Waals surface area contributed by atoms with E-state index in [-0.39, 0.29) is 11.0 Å². The summed E-state index contributed by atoms with van der Waals surface area (Å²) in [6.45, 7) is 0. The van der Waals surface area contributed by atoms with E-state index in [9.17, 15) is 4.79 Å². The molecule has 0 saturated carbocycles. The van der Waals surface area contributed by atoms with Crippen molar-refractivity contribution in [2.45, 2.75) is 0 Å². The highest BCUT2D eigenvalue weighted by Crippen LogP contribution is 2.28. The van der Waals surface area contributed by atoms with Crippen LogP contribution in [0.25, 0.3) is 33.3 Å². The van der Waals surface area contributed by atoms with E-state index in [4.69, 9.17) is 21.4 Å². The Hall–Kier alpha value is -3.50. The summed E-state index contributed by atoms with van der Waals surface area (Å²) in [7, 11) is 1.54. The Morgan fingerprint density at radius 1 is 1.00 bits per heavy atom. The fourth-order valence-electron chi connectivity index (χ4n) is 3.65. The van der Waals surface area contributed by atoms with Gasteiger partial charge in [-0.25, -0.2) is 4.98 Å². The average Bonchev–Trinajstić information content (AvgIpc) is 3.26. The Morgan fingerprint density at radius 2 is 1.79 bits per heavy atom. The standard InChI is InChI=1S/C26H18IN3O3S/c1-32-23-13-16-6-3-2-5-15(16)12-20(23)24(31)30-26(34)28-19-9-10-22-21(14-19)29-25(33-22)17-7-4-8-18(27)11-17/h2-14H,1H3,(H2,28,30,31,34). The number of rotatable bonds is 4. The van der Waals surface area contributed by atoms with Gasteiger partial charge in [-0.15, -0.1) is 0 Å². The Labute approximate surface area is 214 Å². The Kier molecular flexibility index (Phi) is 6.16. The monoisotopic (exact) mass is 579 g/mol. The fourth-order valence-corrected chi connectivity index (χ4v) is 4.40. The van der Waals surface area contributed by atoms with E-state index >= 15 is 0 Å². The maximum absolute atomic E-state index is 12.9. The number of carbonyl (C=O) groups excluding carboxylic acids is 1. The molecule has 0 atom stereocenters. The van der Waals surface area contributed by atoms with Crippen molar-refractivity contribution < 1.29 is 13.9 Å². The van der Waals surface area contributed by atoms with Crippen LogP contribution in [0.2, 0.25) is 0 Å². The van der Waals surface area contributed by atoms with E-state index in [1.807, 2.05) is 72.8 Å². The molecule has 0 radical (unpaired) electrons. The first-order valence-electron chi connectivity index (χ1n) is 10.4. The molecule has 6 nitrogen and oxygen atoms in total. The lowest BCUT2D eigenvalue weighted by molar-refractivity contribution is 0.0975. The molecule has 4 aromatic carbocycles. The molecule has 0 spiro atoms. The van der Waals surface area contributed by atoms with E-state index < -0.39 is 0 Å². The van der Waals surface area contributed by atoms with Gasteiger partial charge >= 0.3 is 0 Å². The number of amides is 1. The second-order valence-corrected chi connectivity index (χ2v) is 9.17. The van der Waals surface area contributed by atoms with Crippen LogP contribution >= 0.6 is 34.8 Å². The molecule has 0 aliphatic carbocycles. The number of hydrogen-bond donors (Lipinski definition) is 2. The first-order valence-corrected chi connectivity index (χ1v) is 11.8. The van der Waals surface area contributed by atoms with Gasteiger partial charge in [0.1, 0.15) is 11.3 Å². The molecule has 1 heterocycles. The van der Waals surface area contributed by atoms with Crippen LogP contribution in [0.15, 0.2) is 83.3 Å². The minimum atomic E-state index is -0.358. The van der Waals surface area contributed by atoms with Crippen LogP contribution in [-0.2, 0) is 0 Å². The molecular formula is C26H18IN3O3S. The molecule has 0 bridgehead atoms. The van der Waals surface area contributed by atoms with Crippen molar-refractivity contribution in [1.82, 2.24) is 10.3 Å². The van der Waals surface area contributed by atoms with Crippen LogP contribution < -0.4 is 15.4 Å². The number of anilines is 1. The summed E-state index contributed by atoms with van der Waals surface area (Å²) in [5.74, 6) is 0.666. The molecule has 34 heavy (non-hydrogen) atoms. The van der Waals surface area contributed by atoms with Gasteiger partial charge in [-0.05, 0) is 94.1 Å². The highest BCUT2D eigenvalue weighted by molar-refractivity contribution is 14.1. The summed E-state index contributed by atoms with van der Waals surface area (Å²) in [6.07, 6.45) is 0. The number of fused-ring (bicyclic) bond motifs is 2. The first-order chi connectivity index (χ1) is 16.5. The van der Waals surface area contributed by atoms with Crippen molar-refractivity contribution in [1.29, 1.82) is 0 Å². The van der Waals surface area contributed by atoms with Crippen LogP contribution in [0.1, 0.15) is 10.4 Å². The summed E-state index contributed by atoms with van der Waals surface area (Å²) in [6, 6.07) is 24.8. The van der Waals surface area contributed by atoms with Crippen molar-refractivity contribution in [3.63, 3.8) is 0 Å². The number of nitrogens with one attached hydrogen (secondary N) is 2. The van der Waals surface area contributed by atoms with Gasteiger partial charge in [0.15, 0.2) is 10.7 Å². The molecule has 5 aromatic rings. The molecule has 168 valence electrons. The van der Waals surface area contributed by atoms with Crippen LogP contribution in [0.5, 0.6) is 5.75 Å². The molecule has 5 rings (SSSR count). The predicted octanol–water partition coefficient (Wildman–Crippen LogP) is 6.39. The number of benzene rings is 4. The number of hydrogen-bond acceptors (Lipinski definition) is 5. The van der Waals surface area contributed by atoms with Gasteiger partial charge in [-0.1, -0.05) is 30.3 Å². The van der Waals surface area contributed by atoms with Gasteiger partial charge in [-0.3, -0.25) is 10.1 Å². The molecule has 0 aliphatic rings. The summed E-state index contributed by atoms with van der Waals surface area (Å²) >= 11 is 7.63. The van der Waals surface area contributed by atoms with Gasteiger partial charge in [0.2, 0.25) is 5.89 Å². The minimum absolute atomic E-state index is 0.167. The third-order valence-corrected chi connectivity index (χ3v) is 6.13. The second-order valence-electron chi connectivity index (χ2n) is 7.52. The lowest BCUT2D eigenvalue weighted by Crippen LogP contribution is -2.34. The molecule has 8 heteroatoms. The molecule has 0 fully saturated rings. The first kappa shape index (κ1) is 22.3. The Morgan fingerprint density at radius 3 is 2.56 bits per heavy atom. The van der Waals surface area contributed by atoms with E-state index in [0.717, 1.165) is 19.9 Å². The van der Waals surface area contributed by atoms with Crippen LogP contribution in [0.3, 0.4) is 0 Å². The summed E-state index contributed by atoms with van der Waals surface area (Å²) < 4.78 is 12.4. The molecule has 0 unspecified atom stereocenters. The van der Waals surface area contributed by atoms with Gasteiger partial charge in [-0.2, -0.15) is 0 Å². The van der Waals surface area contributed by atoms with Crippen LogP contribution in [0, 0.1) is 3.57 Å². The Balaban J connectivity index is 1.33. The van der Waals surface area contributed by atoms with Gasteiger partial charge < -0.3 is 14.5 Å². The molecule has 1 amide bonds. The third-order valence-electron chi connectivity index (χ3n) is 5.26. The smallest absolute Gasteiger partial charge is 0.261 e. The summed E-state index contributed by atoms with van der Waals surface area (Å²) in [4.78, 5) is 17.5. The zero-order valence-corrected chi connectivity index (χ0v) is 20.9. The number of oxazole rings is 1. The van der Waals surface area contributed by atoms with E-state index in [1.54, 1.807) is 6.07 Å². The number of methoxy groups -OCH3 is 1. The number of carbonyl (C=O) groups is 1. The largest absolute Gasteiger partial charge is 0.496 e. The highest BCUT2D eigenvalue weighted by Gasteiger charge is 2.16. The SMILES string of the molecule is COc1cc2ccccc2cc1C(=O)NC(=S)Nc1ccc2oc(-c3cccc(I)c3)nc2c1. The van der Waals surface area contributed by atoms with Crippen molar-refractivity contribution in [3.8, 4) is 17.2 Å². The maximum Gasteiger partial charge on any atom is 0.261 e. The maximum atomic E-state index is 12.9. The minimum Gasteiger partial charge on any atom is -0.496 e. The average molecular weight is 579 g/mol. The molecule has 0 aliphatic heterocycles. The normalized spacial score (nSPS) is 10.9. The number of aromatic nitrogens is 1. The van der Waals surface area contributed by atoms with E-state index in [1.165, 1.54) is 7.11 Å². The van der Waals surface area contributed by atoms with Crippen molar-refractivity contribution in [2.24, 2.45) is 0 Å². The number of nitrogens with zero attached hydrogens (tertiary/aromatic N) is 1. The summed E-state index contributed by atoms with van der Waals surface area (Å²) in [5, 5.41) is 7.86.